The van der Waals surface area contributed by atoms with Crippen LogP contribution in [0.2, 0.25) is 0 Å². The number of rotatable bonds is 10. The first kappa shape index (κ1) is 43.3. The predicted octanol–water partition coefficient (Wildman–Crippen LogP) is 1.28. The van der Waals surface area contributed by atoms with Gasteiger partial charge in [-0.1, -0.05) is 0 Å². The topological polar surface area (TPSA) is 142 Å². The zero-order valence-corrected chi connectivity index (χ0v) is 21.0. The molecule has 0 aliphatic rings. The van der Waals surface area contributed by atoms with Crippen LogP contribution in [0.4, 0.5) is 0 Å². The van der Waals surface area contributed by atoms with E-state index in [2.05, 4.69) is 45.1 Å². The summed E-state index contributed by atoms with van der Waals surface area (Å²) >= 11 is 1.62. The number of nitrogens with one attached hydrogen (secondary N) is 1. The van der Waals surface area contributed by atoms with Gasteiger partial charge in [0.25, 0.3) is 0 Å². The summed E-state index contributed by atoms with van der Waals surface area (Å²) in [7, 11) is 4.61. The normalized spacial score (nSPS) is 7.83. The molecule has 0 aliphatic carbocycles. The SMILES string of the molecule is CCO.CCOC(=O)CC(=O)OCC.OCCCO.[2HH].[CH-]=O.[CH2-]CCNCC[CH2-].[Cl][RuH]. The first-order chi connectivity index (χ1) is 14.4. The van der Waals surface area contributed by atoms with E-state index >= 15 is 0 Å². The van der Waals surface area contributed by atoms with Crippen LogP contribution in [0, 0.1) is 13.8 Å². The van der Waals surface area contributed by atoms with E-state index in [1.54, 1.807) is 38.1 Å². The molecule has 0 aliphatic heterocycles. The first-order valence-electron chi connectivity index (χ1n) is 9.26. The Kier molecular flexibility index (Phi) is 81.7. The van der Waals surface area contributed by atoms with Crippen LogP contribution < -0.4 is 5.32 Å². The summed E-state index contributed by atoms with van der Waals surface area (Å²) in [5.41, 5.74) is 0. The molecule has 0 saturated heterocycles. The van der Waals surface area contributed by atoms with Crippen LogP contribution in [0.3, 0.4) is 0 Å². The number of halogens is 1. The molecule has 0 fully saturated rings. The third kappa shape index (κ3) is 80.6. The van der Waals surface area contributed by atoms with E-state index in [-0.39, 0.29) is 40.9 Å². The van der Waals surface area contributed by atoms with Gasteiger partial charge in [-0.25, -0.2) is 0 Å². The second-order valence-corrected chi connectivity index (χ2v) is 4.36. The summed E-state index contributed by atoms with van der Waals surface area (Å²) in [6.07, 6.45) is 2.15. The van der Waals surface area contributed by atoms with Crippen molar-refractivity contribution < 1.29 is 57.9 Å². The zero-order chi connectivity index (χ0) is 25.1. The number of carbonyl (C=O) groups is 2. The molecule has 9 nitrogen and oxygen atoms in total. The van der Waals surface area contributed by atoms with Gasteiger partial charge in [-0.15, -0.1) is 0 Å². The zero-order valence-electron chi connectivity index (χ0n) is 18.4. The Bertz CT molecular complexity index is 276. The second kappa shape index (κ2) is 56.6. The van der Waals surface area contributed by atoms with E-state index < -0.39 is 11.9 Å². The molecular formula is C19H43ClNO8Ru-3. The van der Waals surface area contributed by atoms with Crippen LogP contribution in [0.1, 0.15) is 47.9 Å². The van der Waals surface area contributed by atoms with Crippen LogP contribution in [-0.4, -0.2) is 80.2 Å². The van der Waals surface area contributed by atoms with Gasteiger partial charge in [-0.3, -0.25) is 16.4 Å². The molecule has 190 valence electrons. The Morgan fingerprint density at radius 3 is 1.40 bits per heavy atom. The molecule has 0 amide bonds. The number of carbonyl (C=O) groups excluding carboxylic acids is 3. The molecule has 0 bridgehead atoms. The van der Waals surface area contributed by atoms with Crippen molar-refractivity contribution in [2.75, 3.05) is 46.1 Å². The maximum absolute atomic E-state index is 10.6. The van der Waals surface area contributed by atoms with Gasteiger partial charge >= 0.3 is 38.9 Å². The van der Waals surface area contributed by atoms with Gasteiger partial charge in [0.2, 0.25) is 0 Å². The fourth-order valence-corrected chi connectivity index (χ4v) is 0.988. The molecule has 0 aromatic carbocycles. The molecule has 0 heterocycles. The van der Waals surface area contributed by atoms with Gasteiger partial charge in [0.05, 0.1) is 13.2 Å². The number of hydrogen-bond acceptors (Lipinski definition) is 9. The Morgan fingerprint density at radius 1 is 0.933 bits per heavy atom. The van der Waals surface area contributed by atoms with Crippen molar-refractivity contribution in [3.8, 4) is 0 Å². The minimum atomic E-state index is -0.536. The van der Waals surface area contributed by atoms with Crippen LogP contribution in [0.25, 0.3) is 0 Å². The summed E-state index contributed by atoms with van der Waals surface area (Å²) in [6.45, 7) is 18.7. The van der Waals surface area contributed by atoms with E-state index in [0.29, 0.717) is 6.42 Å². The third-order valence-electron chi connectivity index (χ3n) is 1.92. The van der Waals surface area contributed by atoms with Crippen molar-refractivity contribution in [3.63, 3.8) is 0 Å². The minimum absolute atomic E-state index is 0. The maximum atomic E-state index is 10.6. The molecule has 0 saturated carbocycles. The van der Waals surface area contributed by atoms with Crippen molar-refractivity contribution >= 4 is 28.4 Å². The van der Waals surface area contributed by atoms with Crippen LogP contribution >= 0.6 is 9.69 Å². The van der Waals surface area contributed by atoms with Gasteiger partial charge in [-0.2, -0.15) is 12.8 Å². The van der Waals surface area contributed by atoms with Crippen molar-refractivity contribution in [3.05, 3.63) is 13.8 Å². The first-order valence-corrected chi connectivity index (χ1v) is 11.6. The Morgan fingerprint density at radius 2 is 1.23 bits per heavy atom. The second-order valence-electron chi connectivity index (χ2n) is 4.36. The molecule has 0 radical (unpaired) electrons. The van der Waals surface area contributed by atoms with Crippen LogP contribution in [0.15, 0.2) is 0 Å². The average molecular weight is 551 g/mol. The van der Waals surface area contributed by atoms with E-state index in [1.165, 1.54) is 0 Å². The summed E-state index contributed by atoms with van der Waals surface area (Å²) in [4.78, 5) is 29.0. The van der Waals surface area contributed by atoms with E-state index in [9.17, 15) is 9.59 Å². The molecular weight excluding hydrogens is 507 g/mol. The van der Waals surface area contributed by atoms with Gasteiger partial charge < -0.3 is 48.8 Å². The number of esters is 2. The molecule has 4 N–H and O–H groups in total. The van der Waals surface area contributed by atoms with E-state index in [4.69, 9.17) is 20.1 Å². The molecule has 0 unspecified atom stereocenters. The molecule has 0 aromatic heterocycles. The third-order valence-corrected chi connectivity index (χ3v) is 1.92. The molecule has 0 rings (SSSR count). The number of aliphatic hydroxyl groups excluding tert-OH is 3. The van der Waals surface area contributed by atoms with Crippen LogP contribution in [0.5, 0.6) is 0 Å². The Balaban J connectivity index is -0.0000000501. The van der Waals surface area contributed by atoms with Crippen molar-refractivity contribution in [1.29, 1.82) is 0 Å². The number of aliphatic hydroxyl groups is 3. The standard InChI is InChI=1S/C7H12O4.C6H13N.C3H8O2.C2H6O.CHO.ClH.Ru.H2.H/c1-3-10-6(8)5-7(9)11-4-2;1-3-5-7-6-4-2;4-2-1-3-5;1-2-3;1-2;;;;/h3-5H2,1-2H3;7H,1-6H2;4-5H,1-3H2;3H,2H2,1H3;1H;1H;;1H;/q;-2;;;-1;;+1;;/p-1/i;;;;;;;1+1;. The fraction of sp³-hybridized carbons (Fsp3) is 0.737. The fourth-order valence-electron chi connectivity index (χ4n) is 0.988. The molecule has 11 heteroatoms. The van der Waals surface area contributed by atoms with E-state index in [0.717, 1.165) is 25.9 Å². The van der Waals surface area contributed by atoms with Gasteiger partial charge in [0.15, 0.2) is 0 Å². The number of hydrogen-bond donors (Lipinski definition) is 4. The predicted molar refractivity (Wildman–Crippen MR) is 118 cm³/mol. The summed E-state index contributed by atoms with van der Waals surface area (Å²) in [6, 6.07) is 0. The van der Waals surface area contributed by atoms with Crippen molar-refractivity contribution in [2.45, 2.75) is 46.5 Å². The van der Waals surface area contributed by atoms with Gasteiger partial charge in [0, 0.05) is 21.2 Å². The van der Waals surface area contributed by atoms with E-state index in [1.807, 2.05) is 0 Å². The molecule has 0 aromatic rings. The van der Waals surface area contributed by atoms with Gasteiger partial charge in [0.1, 0.15) is 6.42 Å². The van der Waals surface area contributed by atoms with Crippen molar-refractivity contribution in [1.82, 2.24) is 5.32 Å². The Labute approximate surface area is 198 Å². The molecule has 0 atom stereocenters. The van der Waals surface area contributed by atoms with Gasteiger partial charge in [-0.05, 0) is 40.3 Å². The Hall–Kier alpha value is -0.637. The number of ether oxygens (including phenoxy) is 2. The molecule has 0 spiro atoms. The van der Waals surface area contributed by atoms with Crippen molar-refractivity contribution in [2.24, 2.45) is 0 Å². The quantitative estimate of drug-likeness (QED) is 0.0789. The summed E-state index contributed by atoms with van der Waals surface area (Å²) < 4.78 is 9.04. The summed E-state index contributed by atoms with van der Waals surface area (Å²) in [5, 5.41) is 26.5. The summed E-state index contributed by atoms with van der Waals surface area (Å²) in [5.74, 6) is -1.07. The van der Waals surface area contributed by atoms with Crippen LogP contribution in [-0.2, 0) is 41.2 Å². The monoisotopic (exact) mass is 551 g/mol. The molecule has 30 heavy (non-hydrogen) atoms. The average Bonchev–Trinajstić information content (AvgIpc) is 2.74.